The lowest BCUT2D eigenvalue weighted by molar-refractivity contribution is 0.0688. The monoisotopic (exact) mass is 331 g/mol. The number of carboxylic acid groups (broad SMARTS) is 1. The molecule has 2 aromatic heterocycles. The Bertz CT molecular complexity index is 690. The molecule has 3 rings (SSSR count). The average molecular weight is 331 g/mol. The molecule has 24 heavy (non-hydrogen) atoms. The van der Waals surface area contributed by atoms with Crippen molar-refractivity contribution in [3.63, 3.8) is 0 Å². The molecule has 7 heteroatoms. The van der Waals surface area contributed by atoms with E-state index in [0.717, 1.165) is 55.7 Å². The predicted octanol–water partition coefficient (Wildman–Crippen LogP) is 1.65. The van der Waals surface area contributed by atoms with Crippen LogP contribution in [0.1, 0.15) is 47.7 Å². The van der Waals surface area contributed by atoms with Gasteiger partial charge in [-0.2, -0.15) is 5.10 Å². The Morgan fingerprint density at radius 2 is 2.38 bits per heavy atom. The van der Waals surface area contributed by atoms with E-state index in [4.69, 9.17) is 0 Å². The normalized spacial score (nSPS) is 17.2. The van der Waals surface area contributed by atoms with Crippen molar-refractivity contribution in [3.8, 4) is 0 Å². The Balaban J connectivity index is 1.67. The van der Waals surface area contributed by atoms with Gasteiger partial charge in [0.05, 0.1) is 6.33 Å². The summed E-state index contributed by atoms with van der Waals surface area (Å²) in [6.45, 7) is 5.87. The highest BCUT2D eigenvalue weighted by Gasteiger charge is 2.28. The van der Waals surface area contributed by atoms with E-state index >= 15 is 0 Å². The van der Waals surface area contributed by atoms with E-state index in [1.165, 1.54) is 0 Å². The minimum absolute atomic E-state index is 0.228. The fraction of sp³-hybridized carbons (Fsp3) is 0.588. The van der Waals surface area contributed by atoms with E-state index < -0.39 is 5.97 Å². The van der Waals surface area contributed by atoms with Gasteiger partial charge in [0.1, 0.15) is 0 Å². The van der Waals surface area contributed by atoms with Gasteiger partial charge in [0, 0.05) is 48.7 Å². The lowest BCUT2D eigenvalue weighted by Crippen LogP contribution is -2.36. The smallest absolute Gasteiger partial charge is 0.356 e. The van der Waals surface area contributed by atoms with E-state index in [0.29, 0.717) is 12.0 Å². The molecule has 0 spiro atoms. The summed E-state index contributed by atoms with van der Waals surface area (Å²) >= 11 is 0. The molecule has 0 amide bonds. The number of carboxylic acids is 1. The van der Waals surface area contributed by atoms with E-state index in [9.17, 15) is 9.90 Å². The second-order valence-electron chi connectivity index (χ2n) is 6.88. The van der Waals surface area contributed by atoms with Gasteiger partial charge in [-0.25, -0.2) is 9.78 Å². The first-order valence-electron chi connectivity index (χ1n) is 8.57. The maximum atomic E-state index is 11.5. The number of nitrogens with zero attached hydrogens (tertiary/aromatic N) is 3. The number of hydrogen-bond acceptors (Lipinski definition) is 4. The Morgan fingerprint density at radius 1 is 1.54 bits per heavy atom. The Labute approximate surface area is 141 Å². The molecule has 0 aliphatic heterocycles. The standard InChI is InChI=1S/C17H25N5O2/c1-11(2)9-22-15-4-3-12(7-14(15)16(21-22)17(23)24)19-6-5-13-8-18-10-20-13/h8,10-12,19H,3-7,9H2,1-2H3,(H,18,20)(H,23,24)/t12-/m0/s1. The minimum Gasteiger partial charge on any atom is -0.476 e. The number of H-pyrrole nitrogens is 1. The lowest BCUT2D eigenvalue weighted by Gasteiger charge is -2.24. The molecule has 0 aromatic carbocycles. The largest absolute Gasteiger partial charge is 0.476 e. The van der Waals surface area contributed by atoms with E-state index in [1.807, 2.05) is 10.9 Å². The van der Waals surface area contributed by atoms with Gasteiger partial charge in [-0.3, -0.25) is 4.68 Å². The summed E-state index contributed by atoms with van der Waals surface area (Å²) in [6, 6.07) is 0.301. The van der Waals surface area contributed by atoms with Gasteiger partial charge >= 0.3 is 5.97 Å². The van der Waals surface area contributed by atoms with Gasteiger partial charge < -0.3 is 15.4 Å². The number of aromatic nitrogens is 4. The van der Waals surface area contributed by atoms with E-state index in [2.05, 4.69) is 34.2 Å². The predicted molar refractivity (Wildman–Crippen MR) is 90.1 cm³/mol. The maximum absolute atomic E-state index is 11.5. The quantitative estimate of drug-likeness (QED) is 0.717. The summed E-state index contributed by atoms with van der Waals surface area (Å²) < 4.78 is 1.91. The van der Waals surface area contributed by atoms with Gasteiger partial charge in [0.25, 0.3) is 0 Å². The van der Waals surface area contributed by atoms with Crippen LogP contribution in [0.25, 0.3) is 0 Å². The first-order chi connectivity index (χ1) is 11.5. The number of fused-ring (bicyclic) bond motifs is 1. The number of imidazole rings is 1. The van der Waals surface area contributed by atoms with Crippen molar-refractivity contribution in [1.29, 1.82) is 0 Å². The summed E-state index contributed by atoms with van der Waals surface area (Å²) in [4.78, 5) is 18.6. The maximum Gasteiger partial charge on any atom is 0.356 e. The minimum atomic E-state index is -0.924. The third-order valence-electron chi connectivity index (χ3n) is 4.47. The third kappa shape index (κ3) is 3.67. The van der Waals surface area contributed by atoms with Crippen LogP contribution in [0.15, 0.2) is 12.5 Å². The van der Waals surface area contributed by atoms with Crippen LogP contribution >= 0.6 is 0 Å². The van der Waals surface area contributed by atoms with E-state index in [-0.39, 0.29) is 5.69 Å². The fourth-order valence-corrected chi connectivity index (χ4v) is 3.36. The van der Waals surface area contributed by atoms with Crippen LogP contribution in [-0.4, -0.2) is 43.4 Å². The molecule has 7 nitrogen and oxygen atoms in total. The zero-order chi connectivity index (χ0) is 17.1. The number of hydrogen-bond donors (Lipinski definition) is 3. The molecular formula is C17H25N5O2. The summed E-state index contributed by atoms with van der Waals surface area (Å²) in [5.74, 6) is -0.479. The molecule has 0 radical (unpaired) electrons. The fourth-order valence-electron chi connectivity index (χ4n) is 3.36. The van der Waals surface area contributed by atoms with Gasteiger partial charge in [-0.05, 0) is 25.2 Å². The molecular weight excluding hydrogens is 306 g/mol. The number of rotatable bonds is 7. The molecule has 0 bridgehead atoms. The van der Waals surface area contributed by atoms with Gasteiger partial charge in [-0.15, -0.1) is 0 Å². The van der Waals surface area contributed by atoms with Gasteiger partial charge in [-0.1, -0.05) is 13.8 Å². The van der Waals surface area contributed by atoms with Crippen LogP contribution in [0.3, 0.4) is 0 Å². The lowest BCUT2D eigenvalue weighted by atomic mass is 9.91. The second kappa shape index (κ2) is 7.17. The van der Waals surface area contributed by atoms with Crippen molar-refractivity contribution in [2.24, 2.45) is 5.92 Å². The summed E-state index contributed by atoms with van der Waals surface area (Å²) in [6.07, 6.45) is 7.03. The van der Waals surface area contributed by atoms with Gasteiger partial charge in [0.15, 0.2) is 5.69 Å². The molecule has 1 aliphatic carbocycles. The molecule has 1 aliphatic rings. The highest BCUT2D eigenvalue weighted by atomic mass is 16.4. The Hall–Kier alpha value is -2.15. The first-order valence-corrected chi connectivity index (χ1v) is 8.57. The van der Waals surface area contributed by atoms with Crippen molar-refractivity contribution in [1.82, 2.24) is 25.1 Å². The van der Waals surface area contributed by atoms with Crippen LogP contribution < -0.4 is 5.32 Å². The zero-order valence-electron chi connectivity index (χ0n) is 14.2. The van der Waals surface area contributed by atoms with Crippen molar-refractivity contribution < 1.29 is 9.90 Å². The summed E-state index contributed by atoms with van der Waals surface area (Å²) in [5, 5.41) is 17.4. The number of aromatic carboxylic acids is 1. The molecule has 0 unspecified atom stereocenters. The second-order valence-corrected chi connectivity index (χ2v) is 6.88. The van der Waals surface area contributed by atoms with Crippen molar-refractivity contribution in [2.45, 2.75) is 52.1 Å². The average Bonchev–Trinajstić information content (AvgIpc) is 3.15. The number of aromatic amines is 1. The van der Waals surface area contributed by atoms with Crippen molar-refractivity contribution in [2.75, 3.05) is 6.54 Å². The van der Waals surface area contributed by atoms with Crippen LogP contribution in [0.4, 0.5) is 0 Å². The van der Waals surface area contributed by atoms with E-state index in [1.54, 1.807) is 6.33 Å². The highest BCUT2D eigenvalue weighted by Crippen LogP contribution is 2.25. The summed E-state index contributed by atoms with van der Waals surface area (Å²) in [7, 11) is 0. The molecule has 3 N–H and O–H groups in total. The zero-order valence-corrected chi connectivity index (χ0v) is 14.2. The SMILES string of the molecule is CC(C)Cn1nc(C(=O)O)c2c1CC[C@H](NCCc1cnc[nH]1)C2. The summed E-state index contributed by atoms with van der Waals surface area (Å²) in [5.41, 5.74) is 3.35. The molecule has 0 saturated carbocycles. The Morgan fingerprint density at radius 3 is 3.04 bits per heavy atom. The molecule has 130 valence electrons. The molecule has 0 fully saturated rings. The number of nitrogens with one attached hydrogen (secondary N) is 2. The van der Waals surface area contributed by atoms with Crippen molar-refractivity contribution >= 4 is 5.97 Å². The van der Waals surface area contributed by atoms with Crippen LogP contribution in [0.2, 0.25) is 0 Å². The third-order valence-corrected chi connectivity index (χ3v) is 4.47. The molecule has 1 atom stereocenters. The molecule has 2 heterocycles. The molecule has 2 aromatic rings. The highest BCUT2D eigenvalue weighted by molar-refractivity contribution is 5.87. The van der Waals surface area contributed by atoms with Crippen LogP contribution in [0, 0.1) is 5.92 Å². The number of carbonyl (C=O) groups is 1. The van der Waals surface area contributed by atoms with Crippen molar-refractivity contribution in [3.05, 3.63) is 35.2 Å². The topological polar surface area (TPSA) is 95.8 Å². The Kier molecular flexibility index (Phi) is 4.99. The first kappa shape index (κ1) is 16.7. The molecule has 0 saturated heterocycles. The van der Waals surface area contributed by atoms with Crippen LogP contribution in [-0.2, 0) is 25.8 Å². The van der Waals surface area contributed by atoms with Crippen LogP contribution in [0.5, 0.6) is 0 Å². The van der Waals surface area contributed by atoms with Gasteiger partial charge in [0.2, 0.25) is 0 Å².